The molecule has 3 aliphatic carbocycles. The summed E-state index contributed by atoms with van der Waals surface area (Å²) in [6, 6.07) is 20.6. The third kappa shape index (κ3) is 2.58. The van der Waals surface area contributed by atoms with Crippen LogP contribution in [0.25, 0.3) is 0 Å². The molecule has 0 unspecified atom stereocenters. The van der Waals surface area contributed by atoms with E-state index >= 15 is 0 Å². The van der Waals surface area contributed by atoms with Gasteiger partial charge in [-0.15, -0.1) is 0 Å². The van der Waals surface area contributed by atoms with Crippen LogP contribution in [0.4, 0.5) is 0 Å². The van der Waals surface area contributed by atoms with E-state index in [9.17, 15) is 9.59 Å². The van der Waals surface area contributed by atoms with Crippen LogP contribution in [-0.4, -0.2) is 29.7 Å². The van der Waals surface area contributed by atoms with Gasteiger partial charge in [-0.3, -0.25) is 9.59 Å². The summed E-state index contributed by atoms with van der Waals surface area (Å²) in [5.74, 6) is 0.647. The summed E-state index contributed by atoms with van der Waals surface area (Å²) in [6.07, 6.45) is 3.11. The maximum Gasteiger partial charge on any atom is 0.209 e. The van der Waals surface area contributed by atoms with Crippen LogP contribution in [0.2, 0.25) is 0 Å². The number of amides is 1. The second kappa shape index (κ2) is 6.14. The Kier molecular flexibility index (Phi) is 3.95. The van der Waals surface area contributed by atoms with Gasteiger partial charge in [-0.2, -0.15) is 0 Å². The summed E-state index contributed by atoms with van der Waals surface area (Å²) in [6.45, 7) is 0. The van der Waals surface area contributed by atoms with Crippen molar-refractivity contribution >= 4 is 12.2 Å². The molecule has 0 aliphatic heterocycles. The van der Waals surface area contributed by atoms with Crippen molar-refractivity contribution in [1.29, 1.82) is 0 Å². The maximum absolute atomic E-state index is 13.1. The lowest BCUT2D eigenvalue weighted by Gasteiger charge is -2.56. The first kappa shape index (κ1) is 16.1. The minimum absolute atomic E-state index is 0.00623. The first-order chi connectivity index (χ1) is 12.1. The molecule has 1 amide bonds. The van der Waals surface area contributed by atoms with E-state index < -0.39 is 0 Å². The number of rotatable bonds is 4. The summed E-state index contributed by atoms with van der Waals surface area (Å²) in [5.41, 5.74) is 2.06. The molecule has 3 heteroatoms. The molecule has 25 heavy (non-hydrogen) atoms. The number of carbonyl (C=O) groups is 2. The highest BCUT2D eigenvalue weighted by atomic mass is 16.1. The lowest BCUT2D eigenvalue weighted by molar-refractivity contribution is -0.143. The van der Waals surface area contributed by atoms with Crippen LogP contribution in [0.3, 0.4) is 0 Å². The van der Waals surface area contributed by atoms with E-state index in [2.05, 4.69) is 24.3 Å². The topological polar surface area (TPSA) is 37.4 Å². The second-order valence-electron chi connectivity index (χ2n) is 7.55. The van der Waals surface area contributed by atoms with Crippen molar-refractivity contribution in [2.45, 2.75) is 36.6 Å². The predicted molar refractivity (Wildman–Crippen MR) is 97.3 cm³/mol. The number of nitrogens with zero attached hydrogens (tertiary/aromatic N) is 1. The van der Waals surface area contributed by atoms with Crippen molar-refractivity contribution in [3.63, 3.8) is 0 Å². The highest BCUT2D eigenvalue weighted by molar-refractivity contribution is 5.87. The Morgan fingerprint density at radius 2 is 1.40 bits per heavy atom. The van der Waals surface area contributed by atoms with Gasteiger partial charge in [-0.1, -0.05) is 60.7 Å². The summed E-state index contributed by atoms with van der Waals surface area (Å²) >= 11 is 0. The van der Waals surface area contributed by atoms with Crippen LogP contribution in [0.15, 0.2) is 60.7 Å². The van der Waals surface area contributed by atoms with Crippen molar-refractivity contribution in [3.8, 4) is 0 Å². The Hall–Kier alpha value is -2.42. The fourth-order valence-electron chi connectivity index (χ4n) is 5.05. The van der Waals surface area contributed by atoms with Crippen molar-refractivity contribution in [2.24, 2.45) is 5.92 Å². The SMILES string of the molecule is CN(C=O)C12CC(=O)C([C@H](c3ccccc3)C1)[C@H](c1ccccc1)C2. The molecular weight excluding hydrogens is 310 g/mol. The Labute approximate surface area is 148 Å². The molecule has 0 saturated heterocycles. The molecule has 5 rings (SSSR count). The Bertz CT molecular complexity index is 722. The average Bonchev–Trinajstić information content (AvgIpc) is 2.68. The van der Waals surface area contributed by atoms with Crippen LogP contribution < -0.4 is 0 Å². The van der Waals surface area contributed by atoms with E-state index in [4.69, 9.17) is 0 Å². The maximum atomic E-state index is 13.1. The monoisotopic (exact) mass is 333 g/mol. The highest BCUT2D eigenvalue weighted by Crippen LogP contribution is 2.57. The first-order valence-corrected chi connectivity index (χ1v) is 8.95. The average molecular weight is 333 g/mol. The molecule has 2 atom stereocenters. The van der Waals surface area contributed by atoms with Gasteiger partial charge in [0.1, 0.15) is 5.78 Å². The van der Waals surface area contributed by atoms with Gasteiger partial charge < -0.3 is 4.90 Å². The molecule has 3 nitrogen and oxygen atoms in total. The summed E-state index contributed by atoms with van der Waals surface area (Å²) in [4.78, 5) is 26.5. The largest absolute Gasteiger partial charge is 0.342 e. The fourth-order valence-corrected chi connectivity index (χ4v) is 5.05. The van der Waals surface area contributed by atoms with Gasteiger partial charge in [0.15, 0.2) is 0 Å². The lowest BCUT2D eigenvalue weighted by Crippen LogP contribution is -2.60. The van der Waals surface area contributed by atoms with Crippen LogP contribution in [0, 0.1) is 5.92 Å². The standard InChI is InChI=1S/C22H23NO2/c1-23(15-24)22-12-18(16-8-4-2-5-9-16)21(20(25)14-22)19(13-22)17-10-6-3-7-11-17/h2-11,15,18-19,21H,12-14H2,1H3/t18-,19-,21?,22?/m0/s1. The smallest absolute Gasteiger partial charge is 0.209 e. The van der Waals surface area contributed by atoms with Crippen molar-refractivity contribution in [3.05, 3.63) is 71.8 Å². The summed E-state index contributed by atoms with van der Waals surface area (Å²) in [5, 5.41) is 0. The number of ketones is 1. The minimum atomic E-state index is -0.366. The second-order valence-corrected chi connectivity index (χ2v) is 7.55. The summed E-state index contributed by atoms with van der Waals surface area (Å²) in [7, 11) is 1.83. The van der Waals surface area contributed by atoms with Crippen molar-refractivity contribution in [2.75, 3.05) is 7.05 Å². The van der Waals surface area contributed by atoms with E-state index in [-0.39, 0.29) is 23.3 Å². The van der Waals surface area contributed by atoms with E-state index in [1.54, 1.807) is 4.90 Å². The molecule has 0 spiro atoms. The third-order valence-corrected chi connectivity index (χ3v) is 6.30. The molecular formula is C22H23NO2. The molecule has 0 N–H and O–H groups in total. The molecule has 0 aromatic heterocycles. The first-order valence-electron chi connectivity index (χ1n) is 8.95. The molecule has 128 valence electrons. The number of hydrogen-bond donors (Lipinski definition) is 0. The Balaban J connectivity index is 1.82. The molecule has 0 heterocycles. The quantitative estimate of drug-likeness (QED) is 0.799. The number of fused-ring (bicyclic) bond motifs is 3. The zero-order chi connectivity index (χ0) is 17.4. The molecule has 2 aromatic carbocycles. The Morgan fingerprint density at radius 1 is 0.920 bits per heavy atom. The van der Waals surface area contributed by atoms with Crippen LogP contribution in [0.5, 0.6) is 0 Å². The van der Waals surface area contributed by atoms with Crippen molar-refractivity contribution < 1.29 is 9.59 Å². The van der Waals surface area contributed by atoms with Crippen LogP contribution in [0.1, 0.15) is 42.2 Å². The minimum Gasteiger partial charge on any atom is -0.342 e. The lowest BCUT2D eigenvalue weighted by atomic mass is 9.52. The van der Waals surface area contributed by atoms with E-state index in [0.29, 0.717) is 12.2 Å². The van der Waals surface area contributed by atoms with Gasteiger partial charge in [0.2, 0.25) is 6.41 Å². The van der Waals surface area contributed by atoms with E-state index in [0.717, 1.165) is 19.3 Å². The summed E-state index contributed by atoms with van der Waals surface area (Å²) < 4.78 is 0. The zero-order valence-corrected chi connectivity index (χ0v) is 14.5. The number of carbonyl (C=O) groups excluding carboxylic acids is 2. The molecule has 2 bridgehead atoms. The molecule has 2 aromatic rings. The molecule has 3 aliphatic rings. The molecule has 0 radical (unpaired) electrons. The van der Waals surface area contributed by atoms with E-state index in [1.165, 1.54) is 11.1 Å². The van der Waals surface area contributed by atoms with Gasteiger partial charge in [0.05, 0.1) is 5.54 Å². The predicted octanol–water partition coefficient (Wildman–Crippen LogP) is 3.76. The number of Topliss-reactive ketones (excluding diaryl/α,β-unsaturated/α-hetero) is 1. The van der Waals surface area contributed by atoms with Gasteiger partial charge >= 0.3 is 0 Å². The zero-order valence-electron chi connectivity index (χ0n) is 14.5. The number of hydrogen-bond acceptors (Lipinski definition) is 2. The molecule has 3 saturated carbocycles. The van der Waals surface area contributed by atoms with Crippen LogP contribution >= 0.6 is 0 Å². The van der Waals surface area contributed by atoms with Gasteiger partial charge in [0, 0.05) is 19.4 Å². The Morgan fingerprint density at radius 3 is 1.84 bits per heavy atom. The molecule has 3 fully saturated rings. The van der Waals surface area contributed by atoms with Crippen LogP contribution in [-0.2, 0) is 9.59 Å². The third-order valence-electron chi connectivity index (χ3n) is 6.30. The van der Waals surface area contributed by atoms with Gasteiger partial charge in [-0.05, 0) is 35.8 Å². The van der Waals surface area contributed by atoms with Crippen molar-refractivity contribution in [1.82, 2.24) is 4.90 Å². The fraction of sp³-hybridized carbons (Fsp3) is 0.364. The van der Waals surface area contributed by atoms with Gasteiger partial charge in [0.25, 0.3) is 0 Å². The normalized spacial score (nSPS) is 30.9. The van der Waals surface area contributed by atoms with E-state index in [1.807, 2.05) is 43.4 Å². The number of benzene rings is 2. The van der Waals surface area contributed by atoms with Gasteiger partial charge in [-0.25, -0.2) is 0 Å². The highest BCUT2D eigenvalue weighted by Gasteiger charge is 2.57.